The Morgan fingerprint density at radius 3 is 2.64 bits per heavy atom. The van der Waals surface area contributed by atoms with E-state index in [4.69, 9.17) is 4.74 Å². The van der Waals surface area contributed by atoms with E-state index < -0.39 is 10.0 Å². The van der Waals surface area contributed by atoms with Gasteiger partial charge in [0.1, 0.15) is 5.75 Å². The second-order valence-electron chi connectivity index (χ2n) is 5.77. The molecule has 1 amide bonds. The lowest BCUT2D eigenvalue weighted by molar-refractivity contribution is 0.103. The molecule has 0 atom stereocenters. The normalized spacial score (nSPS) is 15.7. The standard InChI is InChI=1S/C17H20N2O4S2/c1-23-15-8-4-3-7-14(15)18-17(20)16-11-13(12-24-16)25(21,22)19-9-5-2-6-10-19/h3-4,7-8,11-12H,2,5-6,9-10H2,1H3,(H,18,20). The van der Waals surface area contributed by atoms with Crippen LogP contribution >= 0.6 is 11.3 Å². The molecule has 25 heavy (non-hydrogen) atoms. The number of ether oxygens (including phenoxy) is 1. The highest BCUT2D eigenvalue weighted by molar-refractivity contribution is 7.89. The maximum atomic E-state index is 12.7. The summed E-state index contributed by atoms with van der Waals surface area (Å²) in [6, 6.07) is 8.52. The zero-order valence-corrected chi connectivity index (χ0v) is 15.5. The Hall–Kier alpha value is -1.90. The molecule has 1 aliphatic rings. The van der Waals surface area contributed by atoms with Crippen LogP contribution in [0.5, 0.6) is 5.75 Å². The van der Waals surface area contributed by atoms with E-state index in [2.05, 4.69) is 5.32 Å². The number of methoxy groups -OCH3 is 1. The molecule has 1 aliphatic heterocycles. The Labute approximate surface area is 151 Å². The van der Waals surface area contributed by atoms with Gasteiger partial charge in [0.15, 0.2) is 0 Å². The maximum Gasteiger partial charge on any atom is 0.265 e. The number of benzene rings is 1. The van der Waals surface area contributed by atoms with E-state index in [-0.39, 0.29) is 10.8 Å². The van der Waals surface area contributed by atoms with Gasteiger partial charge in [-0.15, -0.1) is 11.3 Å². The van der Waals surface area contributed by atoms with E-state index in [1.165, 1.54) is 22.9 Å². The van der Waals surface area contributed by atoms with Crippen LogP contribution in [0, 0.1) is 0 Å². The molecule has 1 N–H and O–H groups in total. The molecule has 1 aromatic carbocycles. The number of rotatable bonds is 5. The molecule has 1 aromatic heterocycles. The van der Waals surface area contributed by atoms with Crippen molar-refractivity contribution in [1.82, 2.24) is 4.31 Å². The quantitative estimate of drug-likeness (QED) is 0.864. The number of hydrogen-bond donors (Lipinski definition) is 1. The third-order valence-corrected chi connectivity index (χ3v) is 7.06. The Morgan fingerprint density at radius 1 is 1.20 bits per heavy atom. The number of anilines is 1. The number of amides is 1. The Morgan fingerprint density at radius 2 is 1.92 bits per heavy atom. The van der Waals surface area contributed by atoms with Crippen LogP contribution in [0.25, 0.3) is 0 Å². The van der Waals surface area contributed by atoms with Gasteiger partial charge >= 0.3 is 0 Å². The van der Waals surface area contributed by atoms with Gasteiger partial charge in [-0.3, -0.25) is 4.79 Å². The summed E-state index contributed by atoms with van der Waals surface area (Å²) in [7, 11) is -1.99. The van der Waals surface area contributed by atoms with Crippen LogP contribution in [0.2, 0.25) is 0 Å². The topological polar surface area (TPSA) is 75.7 Å². The van der Waals surface area contributed by atoms with Gasteiger partial charge in [0, 0.05) is 18.5 Å². The van der Waals surface area contributed by atoms with Crippen molar-refractivity contribution in [3.05, 3.63) is 40.6 Å². The van der Waals surface area contributed by atoms with Crippen molar-refractivity contribution in [3.8, 4) is 5.75 Å². The van der Waals surface area contributed by atoms with Gasteiger partial charge in [-0.2, -0.15) is 4.31 Å². The first-order chi connectivity index (χ1) is 12.0. The van der Waals surface area contributed by atoms with Gasteiger partial charge in [0.05, 0.1) is 22.6 Å². The predicted molar refractivity (Wildman–Crippen MR) is 97.9 cm³/mol. The van der Waals surface area contributed by atoms with E-state index in [9.17, 15) is 13.2 Å². The third-order valence-electron chi connectivity index (χ3n) is 4.11. The summed E-state index contributed by atoms with van der Waals surface area (Å²) in [5.74, 6) is 0.197. The van der Waals surface area contributed by atoms with Crippen LogP contribution in [0.1, 0.15) is 28.9 Å². The number of carbonyl (C=O) groups excluding carboxylic acids is 1. The molecular formula is C17H20N2O4S2. The lowest BCUT2D eigenvalue weighted by Gasteiger charge is -2.25. The summed E-state index contributed by atoms with van der Waals surface area (Å²) in [4.78, 5) is 13.0. The van der Waals surface area contributed by atoms with Gasteiger partial charge < -0.3 is 10.1 Å². The average molecular weight is 380 g/mol. The molecule has 0 saturated carbocycles. The molecule has 8 heteroatoms. The predicted octanol–water partition coefficient (Wildman–Crippen LogP) is 3.18. The van der Waals surface area contributed by atoms with Gasteiger partial charge in [-0.25, -0.2) is 8.42 Å². The van der Waals surface area contributed by atoms with Crippen LogP contribution in [0.4, 0.5) is 5.69 Å². The molecule has 1 fully saturated rings. The number of nitrogens with zero attached hydrogens (tertiary/aromatic N) is 1. The van der Waals surface area contributed by atoms with E-state index in [0.717, 1.165) is 30.6 Å². The minimum atomic E-state index is -3.52. The van der Waals surface area contributed by atoms with Crippen LogP contribution in [-0.2, 0) is 10.0 Å². The zero-order chi connectivity index (χ0) is 17.9. The van der Waals surface area contributed by atoms with E-state index in [1.807, 2.05) is 6.07 Å². The lowest BCUT2D eigenvalue weighted by atomic mass is 10.2. The van der Waals surface area contributed by atoms with Crippen molar-refractivity contribution in [2.75, 3.05) is 25.5 Å². The molecule has 2 aromatic rings. The molecule has 6 nitrogen and oxygen atoms in total. The highest BCUT2D eigenvalue weighted by Gasteiger charge is 2.27. The smallest absolute Gasteiger partial charge is 0.265 e. The average Bonchev–Trinajstić information content (AvgIpc) is 3.14. The second-order valence-corrected chi connectivity index (χ2v) is 8.61. The molecule has 0 unspecified atom stereocenters. The SMILES string of the molecule is COc1ccccc1NC(=O)c1cc(S(=O)(=O)N2CCCCC2)cs1. The van der Waals surface area contributed by atoms with Crippen molar-refractivity contribution in [2.24, 2.45) is 0 Å². The number of para-hydroxylation sites is 2. The van der Waals surface area contributed by atoms with Crippen molar-refractivity contribution >= 4 is 33.0 Å². The summed E-state index contributed by atoms with van der Waals surface area (Å²) >= 11 is 1.12. The third kappa shape index (κ3) is 3.86. The lowest BCUT2D eigenvalue weighted by Crippen LogP contribution is -2.35. The van der Waals surface area contributed by atoms with Gasteiger partial charge in [-0.05, 0) is 31.0 Å². The van der Waals surface area contributed by atoms with Crippen molar-refractivity contribution in [2.45, 2.75) is 24.2 Å². The number of sulfonamides is 1. The first kappa shape index (κ1) is 17.9. The fraction of sp³-hybridized carbons (Fsp3) is 0.353. The van der Waals surface area contributed by atoms with Crippen molar-refractivity contribution in [3.63, 3.8) is 0 Å². The Balaban J connectivity index is 1.77. The Kier molecular flexibility index (Phi) is 5.41. The van der Waals surface area contributed by atoms with Crippen molar-refractivity contribution < 1.29 is 17.9 Å². The number of thiophene rings is 1. The molecule has 0 spiro atoms. The van der Waals surface area contributed by atoms with Crippen LogP contribution in [0.3, 0.4) is 0 Å². The largest absolute Gasteiger partial charge is 0.495 e. The fourth-order valence-corrected chi connectivity index (χ4v) is 5.43. The monoisotopic (exact) mass is 380 g/mol. The molecule has 0 radical (unpaired) electrons. The summed E-state index contributed by atoms with van der Waals surface area (Å²) in [6.07, 6.45) is 2.82. The van der Waals surface area contributed by atoms with Gasteiger partial charge in [-0.1, -0.05) is 18.6 Å². The van der Waals surface area contributed by atoms with E-state index >= 15 is 0 Å². The van der Waals surface area contributed by atoms with Crippen LogP contribution in [-0.4, -0.2) is 38.8 Å². The molecular weight excluding hydrogens is 360 g/mol. The molecule has 0 aliphatic carbocycles. The van der Waals surface area contributed by atoms with Crippen LogP contribution in [0.15, 0.2) is 40.6 Å². The summed E-state index contributed by atoms with van der Waals surface area (Å²) in [5, 5.41) is 4.29. The first-order valence-electron chi connectivity index (χ1n) is 8.05. The van der Waals surface area contributed by atoms with Gasteiger partial charge in [0.25, 0.3) is 5.91 Å². The molecule has 0 bridgehead atoms. The zero-order valence-electron chi connectivity index (χ0n) is 13.9. The summed E-state index contributed by atoms with van der Waals surface area (Å²) in [6.45, 7) is 1.09. The van der Waals surface area contributed by atoms with E-state index in [0.29, 0.717) is 29.4 Å². The highest BCUT2D eigenvalue weighted by atomic mass is 32.2. The maximum absolute atomic E-state index is 12.7. The minimum absolute atomic E-state index is 0.185. The number of nitrogens with one attached hydrogen (secondary N) is 1. The van der Waals surface area contributed by atoms with Crippen LogP contribution < -0.4 is 10.1 Å². The summed E-state index contributed by atoms with van der Waals surface area (Å²) in [5.41, 5.74) is 0.545. The summed E-state index contributed by atoms with van der Waals surface area (Å²) < 4.78 is 32.0. The molecule has 1 saturated heterocycles. The number of carbonyl (C=O) groups is 1. The fourth-order valence-electron chi connectivity index (χ4n) is 2.76. The minimum Gasteiger partial charge on any atom is -0.495 e. The Bertz CT molecular complexity index is 855. The second kappa shape index (κ2) is 7.55. The van der Waals surface area contributed by atoms with Gasteiger partial charge in [0.2, 0.25) is 10.0 Å². The van der Waals surface area contributed by atoms with E-state index in [1.54, 1.807) is 18.2 Å². The number of hydrogen-bond acceptors (Lipinski definition) is 5. The number of piperidine rings is 1. The highest BCUT2D eigenvalue weighted by Crippen LogP contribution is 2.27. The first-order valence-corrected chi connectivity index (χ1v) is 10.4. The molecule has 3 rings (SSSR count). The molecule has 2 heterocycles. The molecule has 134 valence electrons. The van der Waals surface area contributed by atoms with Crippen molar-refractivity contribution in [1.29, 1.82) is 0 Å².